The van der Waals surface area contributed by atoms with Crippen molar-refractivity contribution in [3.8, 4) is 0 Å². The number of hydrogen-bond acceptors (Lipinski definition) is 3. The second-order valence-corrected chi connectivity index (χ2v) is 8.74. The molecule has 0 radical (unpaired) electrons. The van der Waals surface area contributed by atoms with Gasteiger partial charge in [0, 0.05) is 10.3 Å². The number of carbonyl (C=O) groups excluding carboxylic acids is 1. The highest BCUT2D eigenvalue weighted by atomic mass is 32.2. The lowest BCUT2D eigenvalue weighted by Crippen LogP contribution is -2.32. The van der Waals surface area contributed by atoms with E-state index in [1.54, 1.807) is 0 Å². The third-order valence-corrected chi connectivity index (χ3v) is 6.70. The Hall–Kier alpha value is -1.94. The number of benzene rings is 2. The highest BCUT2D eigenvalue weighted by molar-refractivity contribution is 7.85. The quantitative estimate of drug-likeness (QED) is 0.749. The summed E-state index contributed by atoms with van der Waals surface area (Å²) in [7, 11) is -1.36. The molecule has 3 unspecified atom stereocenters. The maximum Gasteiger partial charge on any atom is 0.307 e. The summed E-state index contributed by atoms with van der Waals surface area (Å²) in [6.07, 6.45) is 1.93. The van der Waals surface area contributed by atoms with Gasteiger partial charge in [0.25, 0.3) is 0 Å². The molecule has 0 aromatic heterocycles. The molecule has 0 aliphatic carbocycles. The van der Waals surface area contributed by atoms with Gasteiger partial charge in [0.05, 0.1) is 17.2 Å². The normalized spacial score (nSPS) is 24.1. The summed E-state index contributed by atoms with van der Waals surface area (Å²) >= 11 is 0. The predicted molar refractivity (Wildman–Crippen MR) is 99.7 cm³/mol. The van der Waals surface area contributed by atoms with Crippen molar-refractivity contribution in [2.24, 2.45) is 5.41 Å². The Morgan fingerprint density at radius 3 is 2.20 bits per heavy atom. The second kappa shape index (κ2) is 7.12. The Kier molecular flexibility index (Phi) is 5.09. The minimum absolute atomic E-state index is 0.253. The first-order chi connectivity index (χ1) is 11.9. The van der Waals surface area contributed by atoms with Crippen LogP contribution in [-0.4, -0.2) is 15.6 Å². The Morgan fingerprint density at radius 1 is 1.04 bits per heavy atom. The van der Waals surface area contributed by atoms with Crippen molar-refractivity contribution >= 4 is 16.8 Å². The van der Waals surface area contributed by atoms with Crippen molar-refractivity contribution in [1.82, 2.24) is 0 Å². The molecule has 0 saturated carbocycles. The van der Waals surface area contributed by atoms with Crippen molar-refractivity contribution in [2.75, 3.05) is 0 Å². The molecular weight excluding hydrogens is 332 g/mol. The monoisotopic (exact) mass is 356 g/mol. The largest absolute Gasteiger partial charge is 0.448 e. The van der Waals surface area contributed by atoms with Gasteiger partial charge in [-0.2, -0.15) is 0 Å². The summed E-state index contributed by atoms with van der Waals surface area (Å²) in [6.45, 7) is 6.08. The lowest BCUT2D eigenvalue weighted by molar-refractivity contribution is -0.139. The van der Waals surface area contributed by atoms with E-state index >= 15 is 0 Å². The molecule has 0 amide bonds. The molecule has 4 heteroatoms. The fourth-order valence-electron chi connectivity index (χ4n) is 3.21. The van der Waals surface area contributed by atoms with Gasteiger partial charge in [-0.3, -0.25) is 9.00 Å². The molecule has 3 rings (SSSR count). The Balaban J connectivity index is 1.77. The summed E-state index contributed by atoms with van der Waals surface area (Å²) in [5, 5.41) is 0. The van der Waals surface area contributed by atoms with Crippen LogP contribution in [0.25, 0.3) is 0 Å². The van der Waals surface area contributed by atoms with Gasteiger partial charge in [0.15, 0.2) is 5.44 Å². The molecule has 1 aliphatic rings. The van der Waals surface area contributed by atoms with E-state index in [2.05, 4.69) is 31.2 Å². The van der Waals surface area contributed by atoms with E-state index in [-0.39, 0.29) is 5.97 Å². The fraction of sp³-hybridized carbons (Fsp3) is 0.381. The predicted octanol–water partition coefficient (Wildman–Crippen LogP) is 4.32. The first-order valence-corrected chi connectivity index (χ1v) is 9.81. The van der Waals surface area contributed by atoms with Gasteiger partial charge in [-0.15, -0.1) is 0 Å². The zero-order valence-electron chi connectivity index (χ0n) is 15.0. The van der Waals surface area contributed by atoms with Crippen LogP contribution in [0.15, 0.2) is 53.4 Å². The van der Waals surface area contributed by atoms with Crippen LogP contribution in [0.5, 0.6) is 0 Å². The number of hydrogen-bond donors (Lipinski definition) is 0. The SMILES string of the molecule is Cc1ccc(CCC2(C)CC(=O)OC2S(=O)c2ccc(C)cc2)cc1. The van der Waals surface area contributed by atoms with E-state index in [1.807, 2.05) is 38.1 Å². The zero-order chi connectivity index (χ0) is 18.0. The van der Waals surface area contributed by atoms with E-state index in [0.29, 0.717) is 11.3 Å². The lowest BCUT2D eigenvalue weighted by Gasteiger charge is -2.28. The Morgan fingerprint density at radius 2 is 1.60 bits per heavy atom. The van der Waals surface area contributed by atoms with Crippen molar-refractivity contribution < 1.29 is 13.7 Å². The van der Waals surface area contributed by atoms with E-state index in [4.69, 9.17) is 4.74 Å². The molecule has 1 heterocycles. The first-order valence-electron chi connectivity index (χ1n) is 8.60. The van der Waals surface area contributed by atoms with E-state index in [1.165, 1.54) is 11.1 Å². The fourth-order valence-corrected chi connectivity index (χ4v) is 4.77. The van der Waals surface area contributed by atoms with Crippen LogP contribution >= 0.6 is 0 Å². The molecule has 0 N–H and O–H groups in total. The lowest BCUT2D eigenvalue weighted by atomic mass is 9.83. The maximum absolute atomic E-state index is 13.0. The van der Waals surface area contributed by atoms with Crippen molar-refractivity contribution in [3.05, 3.63) is 65.2 Å². The standard InChI is InChI=1S/C21H24O3S/c1-15-4-8-17(9-5-15)12-13-21(3)14-19(22)24-20(21)25(23)18-10-6-16(2)7-11-18/h4-11,20H,12-14H2,1-3H3. The average molecular weight is 356 g/mol. The number of aryl methyl sites for hydroxylation is 3. The molecule has 1 fully saturated rings. The van der Waals surface area contributed by atoms with Crippen molar-refractivity contribution in [2.45, 2.75) is 50.4 Å². The van der Waals surface area contributed by atoms with Gasteiger partial charge >= 0.3 is 5.97 Å². The third kappa shape index (κ3) is 4.01. The molecule has 3 nitrogen and oxygen atoms in total. The highest BCUT2D eigenvalue weighted by Gasteiger charge is 2.48. The summed E-state index contributed by atoms with van der Waals surface area (Å²) in [5.74, 6) is -0.253. The van der Waals surface area contributed by atoms with Crippen molar-refractivity contribution in [1.29, 1.82) is 0 Å². The van der Waals surface area contributed by atoms with E-state index < -0.39 is 21.7 Å². The summed E-state index contributed by atoms with van der Waals surface area (Å²) in [4.78, 5) is 12.7. The summed E-state index contributed by atoms with van der Waals surface area (Å²) in [5.41, 5.74) is 2.57. The molecule has 25 heavy (non-hydrogen) atoms. The van der Waals surface area contributed by atoms with Crippen LogP contribution in [0.2, 0.25) is 0 Å². The average Bonchev–Trinajstić information content (AvgIpc) is 2.89. The molecule has 0 spiro atoms. The van der Waals surface area contributed by atoms with Crippen LogP contribution in [0.4, 0.5) is 0 Å². The molecule has 132 valence electrons. The number of cyclic esters (lactones) is 1. The molecule has 2 aromatic carbocycles. The maximum atomic E-state index is 13.0. The van der Waals surface area contributed by atoms with Gasteiger partial charge in [-0.05, 0) is 44.4 Å². The van der Waals surface area contributed by atoms with Crippen LogP contribution in [0.3, 0.4) is 0 Å². The van der Waals surface area contributed by atoms with Crippen LogP contribution < -0.4 is 0 Å². The number of carbonyl (C=O) groups is 1. The number of ether oxygens (including phenoxy) is 1. The second-order valence-electron chi connectivity index (χ2n) is 7.25. The smallest absolute Gasteiger partial charge is 0.307 e. The molecule has 0 bridgehead atoms. The minimum Gasteiger partial charge on any atom is -0.448 e. The molecule has 3 atom stereocenters. The number of rotatable bonds is 5. The Labute approximate surface area is 151 Å². The van der Waals surface area contributed by atoms with Gasteiger partial charge < -0.3 is 4.74 Å². The molecule has 1 aliphatic heterocycles. The van der Waals surface area contributed by atoms with E-state index in [0.717, 1.165) is 18.4 Å². The van der Waals surface area contributed by atoms with Crippen LogP contribution in [0, 0.1) is 19.3 Å². The molecule has 1 saturated heterocycles. The summed E-state index contributed by atoms with van der Waals surface area (Å²) in [6, 6.07) is 16.0. The first kappa shape index (κ1) is 17.9. The van der Waals surface area contributed by atoms with Gasteiger partial charge in [-0.25, -0.2) is 0 Å². The highest BCUT2D eigenvalue weighted by Crippen LogP contribution is 2.42. The third-order valence-electron chi connectivity index (χ3n) is 4.91. The van der Waals surface area contributed by atoms with Gasteiger partial charge in [-0.1, -0.05) is 54.4 Å². The Bertz CT molecular complexity index is 780. The van der Waals surface area contributed by atoms with Crippen LogP contribution in [-0.2, 0) is 26.8 Å². The summed E-state index contributed by atoms with van der Waals surface area (Å²) < 4.78 is 18.5. The number of esters is 1. The van der Waals surface area contributed by atoms with Gasteiger partial charge in [0.2, 0.25) is 0 Å². The zero-order valence-corrected chi connectivity index (χ0v) is 15.8. The topological polar surface area (TPSA) is 43.4 Å². The molecule has 2 aromatic rings. The van der Waals surface area contributed by atoms with Gasteiger partial charge in [0.1, 0.15) is 0 Å². The van der Waals surface area contributed by atoms with Crippen molar-refractivity contribution in [3.63, 3.8) is 0 Å². The molecular formula is C21H24O3S. The van der Waals surface area contributed by atoms with Crippen LogP contribution in [0.1, 0.15) is 36.5 Å². The minimum atomic E-state index is -1.36. The van der Waals surface area contributed by atoms with E-state index in [9.17, 15) is 9.00 Å².